The van der Waals surface area contributed by atoms with Crippen molar-refractivity contribution in [1.29, 1.82) is 0 Å². The molecule has 1 aromatic heterocycles. The molecule has 0 aliphatic carbocycles. The van der Waals surface area contributed by atoms with Gasteiger partial charge in [0.1, 0.15) is 11.6 Å². The molecule has 0 fully saturated rings. The van der Waals surface area contributed by atoms with E-state index in [1.165, 1.54) is 50.8 Å². The highest BCUT2D eigenvalue weighted by molar-refractivity contribution is 5.38. The number of aromatic nitrogens is 2. The number of aryl methyl sites for hydroxylation is 2. The molecule has 0 unspecified atom stereocenters. The van der Waals surface area contributed by atoms with Gasteiger partial charge in [-0.3, -0.25) is 0 Å². The molecule has 0 amide bonds. The van der Waals surface area contributed by atoms with Gasteiger partial charge in [-0.05, 0) is 25.7 Å². The quantitative estimate of drug-likeness (QED) is 0.543. The zero-order chi connectivity index (χ0) is 15.5. The van der Waals surface area contributed by atoms with E-state index in [1.807, 2.05) is 0 Å². The first-order valence-electron chi connectivity index (χ1n) is 9.08. The SMILES string of the molecule is CCCCCCCCCc1nc(CCC)n(CCC)c1N. The van der Waals surface area contributed by atoms with Crippen LogP contribution in [0.2, 0.25) is 0 Å². The third-order valence-corrected chi connectivity index (χ3v) is 4.10. The second kappa shape index (κ2) is 10.7. The van der Waals surface area contributed by atoms with Crippen LogP contribution in [0.25, 0.3) is 0 Å². The number of nitrogens with two attached hydrogens (primary N) is 1. The molecule has 0 saturated heterocycles. The Bertz CT molecular complexity index is 382. The fourth-order valence-corrected chi connectivity index (χ4v) is 2.89. The van der Waals surface area contributed by atoms with Crippen molar-refractivity contribution in [2.24, 2.45) is 0 Å². The van der Waals surface area contributed by atoms with Crippen LogP contribution in [0.15, 0.2) is 0 Å². The fourth-order valence-electron chi connectivity index (χ4n) is 2.89. The van der Waals surface area contributed by atoms with Crippen molar-refractivity contribution < 1.29 is 0 Å². The van der Waals surface area contributed by atoms with E-state index in [4.69, 9.17) is 10.7 Å². The van der Waals surface area contributed by atoms with E-state index in [9.17, 15) is 0 Å². The summed E-state index contributed by atoms with van der Waals surface area (Å²) in [4.78, 5) is 4.80. The first-order chi connectivity index (χ1) is 10.2. The Morgan fingerprint density at radius 1 is 0.810 bits per heavy atom. The van der Waals surface area contributed by atoms with Gasteiger partial charge in [-0.1, -0.05) is 59.3 Å². The molecule has 0 atom stereocenters. The summed E-state index contributed by atoms with van der Waals surface area (Å²) in [5, 5.41) is 0. The van der Waals surface area contributed by atoms with Crippen LogP contribution in [0.3, 0.4) is 0 Å². The lowest BCUT2D eigenvalue weighted by molar-refractivity contribution is 0.587. The lowest BCUT2D eigenvalue weighted by atomic mass is 10.1. The Kier molecular flexibility index (Phi) is 9.20. The van der Waals surface area contributed by atoms with Crippen molar-refractivity contribution in [2.45, 2.75) is 97.9 Å². The summed E-state index contributed by atoms with van der Waals surface area (Å²) in [7, 11) is 0. The third-order valence-electron chi connectivity index (χ3n) is 4.10. The van der Waals surface area contributed by atoms with Gasteiger partial charge in [0.2, 0.25) is 0 Å². The molecule has 1 heterocycles. The molecule has 1 rings (SSSR count). The van der Waals surface area contributed by atoms with Gasteiger partial charge in [-0.25, -0.2) is 4.98 Å². The Morgan fingerprint density at radius 2 is 1.48 bits per heavy atom. The summed E-state index contributed by atoms with van der Waals surface area (Å²) in [6.45, 7) is 7.68. The minimum atomic E-state index is 0.922. The van der Waals surface area contributed by atoms with E-state index in [0.717, 1.165) is 43.7 Å². The zero-order valence-electron chi connectivity index (χ0n) is 14.5. The number of anilines is 1. The van der Waals surface area contributed by atoms with Crippen LogP contribution in [-0.2, 0) is 19.4 Å². The number of unbranched alkanes of at least 4 members (excludes halogenated alkanes) is 6. The van der Waals surface area contributed by atoms with Crippen LogP contribution in [0.5, 0.6) is 0 Å². The van der Waals surface area contributed by atoms with Crippen LogP contribution in [-0.4, -0.2) is 9.55 Å². The summed E-state index contributed by atoms with van der Waals surface area (Å²) < 4.78 is 2.24. The van der Waals surface area contributed by atoms with Gasteiger partial charge in [0.15, 0.2) is 0 Å². The molecule has 0 aromatic carbocycles. The van der Waals surface area contributed by atoms with Gasteiger partial charge in [0.25, 0.3) is 0 Å². The Morgan fingerprint density at radius 3 is 2.10 bits per heavy atom. The first-order valence-corrected chi connectivity index (χ1v) is 9.08. The molecule has 0 bridgehead atoms. The predicted molar refractivity (Wildman–Crippen MR) is 92.6 cm³/mol. The molecule has 2 N–H and O–H groups in total. The van der Waals surface area contributed by atoms with Crippen molar-refractivity contribution in [3.63, 3.8) is 0 Å². The summed E-state index contributed by atoms with van der Waals surface area (Å²) in [6.07, 6.45) is 13.7. The molecule has 122 valence electrons. The smallest absolute Gasteiger partial charge is 0.126 e. The lowest BCUT2D eigenvalue weighted by Crippen LogP contribution is -2.07. The van der Waals surface area contributed by atoms with Gasteiger partial charge in [-0.2, -0.15) is 0 Å². The van der Waals surface area contributed by atoms with Crippen molar-refractivity contribution in [2.75, 3.05) is 5.73 Å². The van der Waals surface area contributed by atoms with E-state index in [0.29, 0.717) is 0 Å². The number of nitrogen functional groups attached to an aromatic ring is 1. The van der Waals surface area contributed by atoms with Crippen LogP contribution in [0.4, 0.5) is 5.82 Å². The van der Waals surface area contributed by atoms with Crippen molar-refractivity contribution in [3.05, 3.63) is 11.5 Å². The van der Waals surface area contributed by atoms with Gasteiger partial charge < -0.3 is 10.3 Å². The molecule has 0 aliphatic heterocycles. The molecule has 0 spiro atoms. The normalized spacial score (nSPS) is 11.2. The Hall–Kier alpha value is -0.990. The maximum atomic E-state index is 6.30. The minimum absolute atomic E-state index is 0.922. The van der Waals surface area contributed by atoms with Crippen LogP contribution < -0.4 is 5.73 Å². The Labute approximate surface area is 131 Å². The number of imidazole rings is 1. The van der Waals surface area contributed by atoms with Crippen molar-refractivity contribution >= 4 is 5.82 Å². The molecule has 0 aliphatic rings. The van der Waals surface area contributed by atoms with Crippen LogP contribution in [0.1, 0.15) is 90.1 Å². The van der Waals surface area contributed by atoms with Crippen LogP contribution in [0, 0.1) is 0 Å². The zero-order valence-corrected chi connectivity index (χ0v) is 14.5. The largest absolute Gasteiger partial charge is 0.384 e. The van der Waals surface area contributed by atoms with Gasteiger partial charge in [0.05, 0.1) is 5.69 Å². The fraction of sp³-hybridized carbons (Fsp3) is 0.833. The molecule has 3 heteroatoms. The average molecular weight is 293 g/mol. The summed E-state index contributed by atoms with van der Waals surface area (Å²) >= 11 is 0. The van der Waals surface area contributed by atoms with E-state index in [-0.39, 0.29) is 0 Å². The van der Waals surface area contributed by atoms with E-state index in [2.05, 4.69) is 25.3 Å². The number of rotatable bonds is 12. The molecule has 0 saturated carbocycles. The number of hydrogen-bond donors (Lipinski definition) is 1. The van der Waals surface area contributed by atoms with Crippen molar-refractivity contribution in [1.82, 2.24) is 9.55 Å². The van der Waals surface area contributed by atoms with E-state index >= 15 is 0 Å². The summed E-state index contributed by atoms with van der Waals surface area (Å²) in [5.41, 5.74) is 7.44. The molecule has 0 radical (unpaired) electrons. The third kappa shape index (κ3) is 6.11. The molecule has 1 aromatic rings. The van der Waals surface area contributed by atoms with Gasteiger partial charge in [0, 0.05) is 13.0 Å². The average Bonchev–Trinajstić information content (AvgIpc) is 2.76. The summed E-state index contributed by atoms with van der Waals surface area (Å²) in [5.74, 6) is 2.11. The van der Waals surface area contributed by atoms with Crippen molar-refractivity contribution in [3.8, 4) is 0 Å². The monoisotopic (exact) mass is 293 g/mol. The Balaban J connectivity index is 2.42. The lowest BCUT2D eigenvalue weighted by Gasteiger charge is -2.07. The number of hydrogen-bond acceptors (Lipinski definition) is 2. The second-order valence-corrected chi connectivity index (χ2v) is 6.13. The molecular formula is C18H35N3. The standard InChI is InChI=1S/C18H35N3/c1-4-7-8-9-10-11-12-14-16-18(19)21(15-6-3)17(20-16)13-5-2/h4-15,19H2,1-3H3. The highest BCUT2D eigenvalue weighted by Crippen LogP contribution is 2.19. The molecular weight excluding hydrogens is 258 g/mol. The summed E-state index contributed by atoms with van der Waals surface area (Å²) in [6, 6.07) is 0. The topological polar surface area (TPSA) is 43.8 Å². The molecule has 3 nitrogen and oxygen atoms in total. The van der Waals surface area contributed by atoms with Crippen LogP contribution >= 0.6 is 0 Å². The maximum absolute atomic E-state index is 6.30. The number of nitrogens with zero attached hydrogens (tertiary/aromatic N) is 2. The minimum Gasteiger partial charge on any atom is -0.384 e. The second-order valence-electron chi connectivity index (χ2n) is 6.13. The maximum Gasteiger partial charge on any atom is 0.126 e. The molecule has 21 heavy (non-hydrogen) atoms. The highest BCUT2D eigenvalue weighted by Gasteiger charge is 2.13. The predicted octanol–water partition coefficient (Wildman–Crippen LogP) is 5.12. The van der Waals surface area contributed by atoms with Gasteiger partial charge in [-0.15, -0.1) is 0 Å². The van der Waals surface area contributed by atoms with E-state index < -0.39 is 0 Å². The highest BCUT2D eigenvalue weighted by atomic mass is 15.1. The van der Waals surface area contributed by atoms with Gasteiger partial charge >= 0.3 is 0 Å². The first kappa shape index (κ1) is 18.1. The van der Waals surface area contributed by atoms with E-state index in [1.54, 1.807) is 0 Å².